The van der Waals surface area contributed by atoms with Gasteiger partial charge in [0.15, 0.2) is 5.75 Å². The van der Waals surface area contributed by atoms with Gasteiger partial charge in [0.25, 0.3) is 0 Å². The molecule has 0 aliphatic carbocycles. The van der Waals surface area contributed by atoms with Crippen molar-refractivity contribution in [3.8, 4) is 11.5 Å². The zero-order valence-corrected chi connectivity index (χ0v) is 10.7. The van der Waals surface area contributed by atoms with Gasteiger partial charge in [-0.3, -0.25) is 10.1 Å². The van der Waals surface area contributed by atoms with Crippen molar-refractivity contribution in [3.63, 3.8) is 0 Å². The van der Waals surface area contributed by atoms with E-state index in [9.17, 15) is 10.1 Å². The van der Waals surface area contributed by atoms with Crippen LogP contribution in [0.1, 0.15) is 0 Å². The summed E-state index contributed by atoms with van der Waals surface area (Å²) in [5, 5.41) is 10.9. The standard InChI is InChI=1S/C14H14N2O4/c15-12-7-4-8-13(14(12)16(17)18)20-10-9-19-11-5-2-1-3-6-11/h1-8H,9-10,15H2. The van der Waals surface area contributed by atoms with Crippen LogP contribution in [0, 0.1) is 10.1 Å². The molecule has 0 bridgehead atoms. The Morgan fingerprint density at radius 2 is 1.70 bits per heavy atom. The molecule has 104 valence electrons. The molecule has 0 spiro atoms. The highest BCUT2D eigenvalue weighted by atomic mass is 16.6. The zero-order valence-electron chi connectivity index (χ0n) is 10.7. The smallest absolute Gasteiger partial charge is 0.333 e. The van der Waals surface area contributed by atoms with Crippen molar-refractivity contribution in [2.45, 2.75) is 0 Å². The van der Waals surface area contributed by atoms with Crippen molar-refractivity contribution in [3.05, 3.63) is 58.6 Å². The molecule has 6 nitrogen and oxygen atoms in total. The lowest BCUT2D eigenvalue weighted by atomic mass is 10.2. The molecule has 0 aliphatic rings. The summed E-state index contributed by atoms with van der Waals surface area (Å²) in [5.74, 6) is 0.866. The summed E-state index contributed by atoms with van der Waals surface area (Å²) < 4.78 is 10.8. The SMILES string of the molecule is Nc1cccc(OCCOc2ccccc2)c1[N+](=O)[O-]. The molecular formula is C14H14N2O4. The molecule has 0 heterocycles. The van der Waals surface area contributed by atoms with E-state index in [0.29, 0.717) is 0 Å². The van der Waals surface area contributed by atoms with E-state index in [0.717, 1.165) is 5.75 Å². The van der Waals surface area contributed by atoms with Gasteiger partial charge in [-0.1, -0.05) is 24.3 Å². The minimum atomic E-state index is -0.553. The van der Waals surface area contributed by atoms with Crippen molar-refractivity contribution in [1.29, 1.82) is 0 Å². The van der Waals surface area contributed by atoms with Crippen molar-refractivity contribution < 1.29 is 14.4 Å². The third kappa shape index (κ3) is 3.38. The second-order valence-electron chi connectivity index (χ2n) is 3.96. The summed E-state index contributed by atoms with van der Waals surface area (Å²) in [6, 6.07) is 13.8. The van der Waals surface area contributed by atoms with E-state index < -0.39 is 4.92 Å². The molecule has 20 heavy (non-hydrogen) atoms. The number of benzene rings is 2. The van der Waals surface area contributed by atoms with Gasteiger partial charge in [0.1, 0.15) is 24.7 Å². The molecule has 0 saturated heterocycles. The van der Waals surface area contributed by atoms with Gasteiger partial charge in [-0.2, -0.15) is 0 Å². The van der Waals surface area contributed by atoms with Gasteiger partial charge in [-0.15, -0.1) is 0 Å². The minimum absolute atomic E-state index is 0.0801. The molecule has 2 rings (SSSR count). The molecule has 0 amide bonds. The maximum atomic E-state index is 10.9. The van der Waals surface area contributed by atoms with Gasteiger partial charge in [0, 0.05) is 0 Å². The number of nitrogens with zero attached hydrogens (tertiary/aromatic N) is 1. The second kappa shape index (κ2) is 6.42. The largest absolute Gasteiger partial charge is 0.490 e. The van der Waals surface area contributed by atoms with Crippen molar-refractivity contribution in [1.82, 2.24) is 0 Å². The molecule has 0 saturated carbocycles. The minimum Gasteiger partial charge on any atom is -0.490 e. The Balaban J connectivity index is 1.92. The summed E-state index contributed by atoms with van der Waals surface area (Å²) in [6.45, 7) is 0.481. The van der Waals surface area contributed by atoms with Gasteiger partial charge in [-0.25, -0.2) is 0 Å². The fourth-order valence-electron chi connectivity index (χ4n) is 1.68. The highest BCUT2D eigenvalue weighted by Gasteiger charge is 2.18. The van der Waals surface area contributed by atoms with E-state index in [1.165, 1.54) is 12.1 Å². The predicted octanol–water partition coefficient (Wildman–Crippen LogP) is 2.63. The summed E-state index contributed by atoms with van der Waals surface area (Å²) in [6.07, 6.45) is 0. The van der Waals surface area contributed by atoms with Crippen LogP contribution in [0.3, 0.4) is 0 Å². The van der Waals surface area contributed by atoms with Crippen LogP contribution in [0.2, 0.25) is 0 Å². The highest BCUT2D eigenvalue weighted by molar-refractivity contribution is 5.65. The first-order chi connectivity index (χ1) is 9.68. The van der Waals surface area contributed by atoms with E-state index in [-0.39, 0.29) is 30.3 Å². The molecule has 2 aromatic rings. The monoisotopic (exact) mass is 274 g/mol. The Morgan fingerprint density at radius 3 is 2.40 bits per heavy atom. The number of nitrogens with two attached hydrogens (primary N) is 1. The van der Waals surface area contributed by atoms with Crippen LogP contribution in [-0.2, 0) is 0 Å². The number of hydrogen-bond acceptors (Lipinski definition) is 5. The number of para-hydroxylation sites is 2. The lowest BCUT2D eigenvalue weighted by Crippen LogP contribution is -2.10. The third-order valence-electron chi connectivity index (χ3n) is 2.57. The molecule has 0 radical (unpaired) electrons. The molecule has 0 atom stereocenters. The average Bonchev–Trinajstić information content (AvgIpc) is 2.44. The summed E-state index contributed by atoms with van der Waals surface area (Å²) in [7, 11) is 0. The van der Waals surface area contributed by atoms with Crippen LogP contribution >= 0.6 is 0 Å². The first kappa shape index (κ1) is 13.7. The van der Waals surface area contributed by atoms with E-state index in [1.807, 2.05) is 30.3 Å². The Morgan fingerprint density at radius 1 is 1.00 bits per heavy atom. The summed E-state index contributed by atoms with van der Waals surface area (Å²) in [5.41, 5.74) is 5.43. The molecule has 2 aromatic carbocycles. The van der Waals surface area contributed by atoms with Crippen molar-refractivity contribution in [2.24, 2.45) is 0 Å². The zero-order chi connectivity index (χ0) is 14.4. The second-order valence-corrected chi connectivity index (χ2v) is 3.96. The van der Waals surface area contributed by atoms with Crippen molar-refractivity contribution >= 4 is 11.4 Å². The Bertz CT molecular complexity index is 587. The first-order valence-electron chi connectivity index (χ1n) is 6.02. The number of rotatable bonds is 6. The van der Waals surface area contributed by atoms with E-state index >= 15 is 0 Å². The fraction of sp³-hybridized carbons (Fsp3) is 0.143. The van der Waals surface area contributed by atoms with Crippen LogP contribution in [0.5, 0.6) is 11.5 Å². The van der Waals surface area contributed by atoms with Crippen LogP contribution < -0.4 is 15.2 Å². The van der Waals surface area contributed by atoms with Gasteiger partial charge in [-0.05, 0) is 24.3 Å². The number of anilines is 1. The van der Waals surface area contributed by atoms with Gasteiger partial charge < -0.3 is 15.2 Å². The normalized spacial score (nSPS) is 10.0. The number of hydrogen-bond donors (Lipinski definition) is 1. The molecule has 2 N–H and O–H groups in total. The van der Waals surface area contributed by atoms with E-state index in [4.69, 9.17) is 15.2 Å². The predicted molar refractivity (Wildman–Crippen MR) is 74.9 cm³/mol. The van der Waals surface area contributed by atoms with Crippen LogP contribution in [-0.4, -0.2) is 18.1 Å². The van der Waals surface area contributed by atoms with E-state index in [1.54, 1.807) is 6.07 Å². The number of nitro benzene ring substituents is 1. The Hall–Kier alpha value is -2.76. The average molecular weight is 274 g/mol. The van der Waals surface area contributed by atoms with Crippen molar-refractivity contribution in [2.75, 3.05) is 18.9 Å². The number of nitrogen functional groups attached to an aromatic ring is 1. The van der Waals surface area contributed by atoms with E-state index in [2.05, 4.69) is 0 Å². The summed E-state index contributed by atoms with van der Waals surface area (Å²) in [4.78, 5) is 10.4. The van der Waals surface area contributed by atoms with Gasteiger partial charge in [0.05, 0.1) is 4.92 Å². The topological polar surface area (TPSA) is 87.6 Å². The van der Waals surface area contributed by atoms with Gasteiger partial charge >= 0.3 is 5.69 Å². The molecular weight excluding hydrogens is 260 g/mol. The molecule has 0 aromatic heterocycles. The van der Waals surface area contributed by atoms with Gasteiger partial charge in [0.2, 0.25) is 0 Å². The quantitative estimate of drug-likeness (QED) is 0.378. The fourth-order valence-corrected chi connectivity index (χ4v) is 1.68. The lowest BCUT2D eigenvalue weighted by molar-refractivity contribution is -0.384. The lowest BCUT2D eigenvalue weighted by Gasteiger charge is -2.09. The molecule has 0 aliphatic heterocycles. The maximum absolute atomic E-state index is 10.9. The first-order valence-corrected chi connectivity index (χ1v) is 6.02. The Kier molecular flexibility index (Phi) is 4.39. The maximum Gasteiger partial charge on any atom is 0.333 e. The molecule has 0 unspecified atom stereocenters. The molecule has 6 heteroatoms. The third-order valence-corrected chi connectivity index (χ3v) is 2.57. The van der Waals surface area contributed by atoms with Crippen LogP contribution in [0.15, 0.2) is 48.5 Å². The molecule has 0 fully saturated rings. The number of ether oxygens (including phenoxy) is 2. The van der Waals surface area contributed by atoms with Crippen LogP contribution in [0.25, 0.3) is 0 Å². The van der Waals surface area contributed by atoms with Crippen LogP contribution in [0.4, 0.5) is 11.4 Å². The highest BCUT2D eigenvalue weighted by Crippen LogP contribution is 2.32. The Labute approximate surface area is 115 Å². The number of nitro groups is 1. The summed E-state index contributed by atoms with van der Waals surface area (Å²) >= 11 is 0.